The number of nitrogens with zero attached hydrogens (tertiary/aromatic N) is 12. The lowest BCUT2D eigenvalue weighted by Gasteiger charge is -2.20. The van der Waals surface area contributed by atoms with Gasteiger partial charge in [-0.1, -0.05) is 80.5 Å². The number of nitrogens with one attached hydrogen (secondary N) is 1. The molecule has 1 N–H and O–H groups in total. The topological polar surface area (TPSA) is 197 Å². The Labute approximate surface area is 608 Å². The number of ether oxygens (including phenoxy) is 4. The van der Waals surface area contributed by atoms with E-state index in [0.717, 1.165) is 171 Å². The number of aromatic nitrogens is 12. The van der Waals surface area contributed by atoms with E-state index in [4.69, 9.17) is 34.2 Å². The van der Waals surface area contributed by atoms with Crippen molar-refractivity contribution in [2.75, 3.05) is 33.0 Å². The number of carbonyl (C=O) groups excluding carboxylic acids is 1. The highest BCUT2D eigenvalue weighted by Gasteiger charge is 2.30. The first-order valence-electron chi connectivity index (χ1n) is 36.9. The number of benzene rings is 3. The van der Waals surface area contributed by atoms with E-state index in [1.54, 1.807) is 0 Å². The summed E-state index contributed by atoms with van der Waals surface area (Å²) in [5, 5.41) is 21.5. The fourth-order valence-electron chi connectivity index (χ4n) is 12.9. The van der Waals surface area contributed by atoms with Crippen LogP contribution in [0, 0.1) is 5.41 Å². The van der Waals surface area contributed by atoms with Crippen molar-refractivity contribution in [2.45, 2.75) is 180 Å². The molecule has 18 nitrogen and oxygen atoms in total. The number of pyridine rings is 6. The van der Waals surface area contributed by atoms with Crippen LogP contribution in [0.1, 0.15) is 147 Å². The normalized spacial score (nSPS) is 12.8. The Morgan fingerprint density at radius 1 is 0.417 bits per heavy atom. The molecule has 538 valence electrons. The molecule has 3 aliphatic rings. The van der Waals surface area contributed by atoms with Gasteiger partial charge in [0.1, 0.15) is 53.3 Å². The Bertz CT molecular complexity index is 4560. The number of ketones is 1. The number of rotatable bonds is 18. The Morgan fingerprint density at radius 2 is 0.777 bits per heavy atom. The van der Waals surface area contributed by atoms with Crippen molar-refractivity contribution in [3.05, 3.63) is 182 Å². The Morgan fingerprint density at radius 3 is 1.11 bits per heavy atom. The van der Waals surface area contributed by atoms with Gasteiger partial charge in [-0.25, -0.2) is 0 Å². The van der Waals surface area contributed by atoms with Crippen molar-refractivity contribution in [2.24, 2.45) is 5.41 Å². The van der Waals surface area contributed by atoms with Crippen LogP contribution in [0.25, 0.3) is 100 Å². The summed E-state index contributed by atoms with van der Waals surface area (Å²) in [6.07, 6.45) is 17.8. The van der Waals surface area contributed by atoms with Crippen LogP contribution in [0.4, 0.5) is 0 Å². The van der Waals surface area contributed by atoms with Gasteiger partial charge in [0.05, 0.1) is 52.4 Å². The highest BCUT2D eigenvalue weighted by Crippen LogP contribution is 2.44. The first-order chi connectivity index (χ1) is 49.9. The van der Waals surface area contributed by atoms with Gasteiger partial charge in [-0.2, -0.15) is 15.3 Å². The zero-order chi connectivity index (χ0) is 73.3. The molecule has 103 heavy (non-hydrogen) atoms. The zero-order valence-electron chi connectivity index (χ0n) is 63.1. The third-order valence-corrected chi connectivity index (χ3v) is 17.5. The molecule has 0 radical (unpaired) electrons. The van der Waals surface area contributed by atoms with E-state index in [1.807, 2.05) is 211 Å². The molecule has 0 aliphatic carbocycles. The predicted molar refractivity (Wildman–Crippen MR) is 417 cm³/mol. The highest BCUT2D eigenvalue weighted by molar-refractivity contribution is 6.02. The Hall–Kier alpha value is -10.0. The molecule has 0 atom stereocenters. The summed E-state index contributed by atoms with van der Waals surface area (Å²) in [5.41, 5.74) is 18.4. The van der Waals surface area contributed by atoms with Crippen molar-refractivity contribution in [3.63, 3.8) is 0 Å². The third kappa shape index (κ3) is 18.4. The van der Waals surface area contributed by atoms with E-state index in [-0.39, 0.29) is 22.3 Å². The maximum Gasteiger partial charge on any atom is 0.141 e. The molecular weight excluding hydrogens is 1280 g/mol. The molecule has 9 aromatic heterocycles. The van der Waals surface area contributed by atoms with Crippen LogP contribution in [-0.4, -0.2) is 109 Å². The minimum atomic E-state index is -0.347. The highest BCUT2D eigenvalue weighted by atomic mass is 16.5. The van der Waals surface area contributed by atoms with Gasteiger partial charge < -0.3 is 24.3 Å². The number of hydrogen-bond donors (Lipinski definition) is 1. The summed E-state index contributed by atoms with van der Waals surface area (Å²) in [6.45, 7) is 36.1. The second-order valence-corrected chi connectivity index (χ2v) is 27.9. The lowest BCUT2D eigenvalue weighted by Crippen LogP contribution is -2.38. The van der Waals surface area contributed by atoms with E-state index in [9.17, 15) is 4.79 Å². The molecule has 3 aromatic carbocycles. The van der Waals surface area contributed by atoms with Crippen molar-refractivity contribution in [3.8, 4) is 84.8 Å². The molecule has 3 aliphatic heterocycles. The van der Waals surface area contributed by atoms with Crippen LogP contribution in [0.15, 0.2) is 165 Å². The zero-order valence-corrected chi connectivity index (χ0v) is 63.1. The van der Waals surface area contributed by atoms with Gasteiger partial charge in [-0.15, -0.1) is 0 Å². The van der Waals surface area contributed by atoms with Gasteiger partial charge in [-0.05, 0) is 188 Å². The molecule has 0 bridgehead atoms. The molecule has 0 saturated carbocycles. The minimum Gasteiger partial charge on any atom is -0.493 e. The summed E-state index contributed by atoms with van der Waals surface area (Å²) >= 11 is 0. The van der Waals surface area contributed by atoms with Crippen LogP contribution in [0.2, 0.25) is 0 Å². The van der Waals surface area contributed by atoms with Crippen LogP contribution in [0.5, 0.6) is 17.2 Å². The monoisotopic (exact) mass is 1390 g/mol. The van der Waals surface area contributed by atoms with Gasteiger partial charge in [0, 0.05) is 149 Å². The van der Waals surface area contributed by atoms with Crippen molar-refractivity contribution in [1.82, 2.24) is 64.6 Å². The fraction of sp³-hybridized carbons (Fsp3) is 0.388. The second-order valence-electron chi connectivity index (χ2n) is 27.9. The number of carbonyl (C=O) groups is 1. The number of Topliss-reactive ketones (excluding diaryl/α,β-unsaturated/α-hetero) is 1. The summed E-state index contributed by atoms with van der Waals surface area (Å²) in [7, 11) is 0. The lowest BCUT2D eigenvalue weighted by molar-refractivity contribution is -0.126. The third-order valence-electron chi connectivity index (χ3n) is 17.5. The summed E-state index contributed by atoms with van der Waals surface area (Å²) < 4.78 is 29.9. The quantitative estimate of drug-likeness (QED) is 0.0796. The number of hydrogen-bond acceptors (Lipinski definition) is 15. The molecule has 0 amide bonds. The van der Waals surface area contributed by atoms with Crippen molar-refractivity contribution < 1.29 is 23.7 Å². The molecule has 0 spiro atoms. The smallest absolute Gasteiger partial charge is 0.141 e. The van der Waals surface area contributed by atoms with Crippen molar-refractivity contribution >= 4 is 38.5 Å². The number of fused-ring (bicyclic) bond motifs is 6. The summed E-state index contributed by atoms with van der Waals surface area (Å²) in [5.74, 6) is 2.55. The predicted octanol–water partition coefficient (Wildman–Crippen LogP) is 18.7. The van der Waals surface area contributed by atoms with E-state index in [0.29, 0.717) is 32.8 Å². The molecule has 0 fully saturated rings. The average molecular weight is 1390 g/mol. The van der Waals surface area contributed by atoms with E-state index >= 15 is 0 Å². The molecule has 0 unspecified atom stereocenters. The minimum absolute atomic E-state index is 0.0837. The first kappa shape index (κ1) is 75.6. The van der Waals surface area contributed by atoms with Gasteiger partial charge in [0.15, 0.2) is 0 Å². The van der Waals surface area contributed by atoms with Gasteiger partial charge >= 0.3 is 0 Å². The maximum atomic E-state index is 12.2. The first-order valence-corrected chi connectivity index (χ1v) is 36.9. The van der Waals surface area contributed by atoms with E-state index in [1.165, 1.54) is 28.2 Å². The summed E-state index contributed by atoms with van der Waals surface area (Å²) in [4.78, 5) is 39.8. The van der Waals surface area contributed by atoms with Gasteiger partial charge in [0.2, 0.25) is 0 Å². The molecule has 15 rings (SSSR count). The lowest BCUT2D eigenvalue weighted by atomic mass is 9.89. The van der Waals surface area contributed by atoms with E-state index in [2.05, 4.69) is 106 Å². The molecule has 12 aromatic rings. The maximum absolute atomic E-state index is 12.2. The van der Waals surface area contributed by atoms with Crippen LogP contribution in [-0.2, 0) is 48.4 Å². The van der Waals surface area contributed by atoms with Gasteiger partial charge in [0.25, 0.3) is 0 Å². The van der Waals surface area contributed by atoms with Crippen molar-refractivity contribution in [1.29, 1.82) is 0 Å². The molecule has 0 saturated heterocycles. The Balaban J connectivity index is 0.000000160. The molecule has 18 heteroatoms. The van der Waals surface area contributed by atoms with Crippen LogP contribution >= 0.6 is 0 Å². The van der Waals surface area contributed by atoms with Crippen LogP contribution < -0.4 is 19.5 Å². The fourth-order valence-corrected chi connectivity index (χ4v) is 12.9. The largest absolute Gasteiger partial charge is 0.493 e. The SMILES string of the molecule is CC.CC.CC.CC(C)(C)C(=O)CCOc1ccc2c(-c3c(-c4ccccn4)nn4c3CCC4)ccnc2c1.CC(C)(C)NCCOc1ccc2c(-c3c(-c4ccccn4)nn4c3CCC4)ccnc2c1.CC(C)(C)OCCOc1ccc2c(-c3c(-c4ccccn4)nn4c3CCC4)ccnc2c1. The summed E-state index contributed by atoms with van der Waals surface area (Å²) in [6, 6.07) is 42.4. The van der Waals surface area contributed by atoms with E-state index < -0.39 is 0 Å². The standard InChI is InChI=1S/C27H28N4O2.C26H29N5O.C26H28N4O2.3C2H6/c1-27(2,3)24(32)12-16-33-18-9-10-19-20(11-14-29-22(19)17-18)25-23-8-6-15-31(23)30-26(25)21-7-4-5-13-28-21;1-26(2,3)29-14-16-32-18-9-10-19-20(11-13-28-22(19)17-18)24-23-8-6-15-31(23)30-25(24)21-7-4-5-12-27-21;1-26(2,3)32-16-15-31-18-9-10-19-20(11-13-28-22(19)17-18)24-23-8-6-14-30(23)29-25(24)21-7-4-5-12-27-21;3*1-2/h4-5,7,9-11,13-14,17H,6,8,12,15-16H2,1-3H3;4-5,7,9-13,17,29H,6,8,14-16H2,1-3H3;4-5,7,9-13,17H,6,8,14-16H2,1-3H3;3*1-2H3. The second kappa shape index (κ2) is 34.8. The van der Waals surface area contributed by atoms with Crippen LogP contribution in [0.3, 0.4) is 0 Å². The Kier molecular flexibility index (Phi) is 25.5. The molecular formula is C85H103N13O5. The molecule has 12 heterocycles. The number of aryl methyl sites for hydroxylation is 3. The average Bonchev–Trinajstić information content (AvgIpc) is 1.63. The van der Waals surface area contributed by atoms with Gasteiger partial charge in [-0.3, -0.25) is 48.7 Å².